The number of halogens is 1. The van der Waals surface area contributed by atoms with Gasteiger partial charge in [-0.3, -0.25) is 4.72 Å². The SMILES string of the molecule is CN1CCc2c([nH]c3c(NS(=O)(=O)c4ccc5c(Cl)cccc5c4)cccc23)C1. The quantitative estimate of drug-likeness (QED) is 0.497. The number of aromatic nitrogens is 1. The number of aromatic amines is 1. The van der Waals surface area contributed by atoms with Crippen LogP contribution >= 0.6 is 11.6 Å². The van der Waals surface area contributed by atoms with Crippen molar-refractivity contribution in [2.24, 2.45) is 0 Å². The van der Waals surface area contributed by atoms with Gasteiger partial charge in [-0.05, 0) is 48.7 Å². The van der Waals surface area contributed by atoms with Crippen molar-refractivity contribution < 1.29 is 8.42 Å². The normalized spacial score (nSPS) is 15.0. The zero-order valence-corrected chi connectivity index (χ0v) is 17.4. The van der Waals surface area contributed by atoms with Crippen LogP contribution in [0.5, 0.6) is 0 Å². The summed E-state index contributed by atoms with van der Waals surface area (Å²) in [4.78, 5) is 5.90. The largest absolute Gasteiger partial charge is 0.355 e. The number of nitrogens with zero attached hydrogens (tertiary/aromatic N) is 1. The molecule has 1 aliphatic rings. The molecule has 1 aromatic heterocycles. The van der Waals surface area contributed by atoms with Gasteiger partial charge in [0.25, 0.3) is 10.0 Å². The van der Waals surface area contributed by atoms with Crippen LogP contribution in [0.1, 0.15) is 11.3 Å². The van der Waals surface area contributed by atoms with Crippen LogP contribution in [0.3, 0.4) is 0 Å². The third-order valence-electron chi connectivity index (χ3n) is 5.55. The number of para-hydroxylation sites is 1. The molecule has 2 heterocycles. The van der Waals surface area contributed by atoms with Crippen molar-refractivity contribution in [3.05, 3.63) is 70.9 Å². The number of H-pyrrole nitrogens is 1. The fourth-order valence-corrected chi connectivity index (χ4v) is 5.43. The van der Waals surface area contributed by atoms with Crippen LogP contribution in [0.2, 0.25) is 5.02 Å². The molecule has 0 bridgehead atoms. The fraction of sp³-hybridized carbons (Fsp3) is 0.182. The van der Waals surface area contributed by atoms with Crippen LogP contribution in [0, 0.1) is 0 Å². The first-order valence-electron chi connectivity index (χ1n) is 9.44. The monoisotopic (exact) mass is 425 g/mol. The maximum atomic E-state index is 13.1. The maximum Gasteiger partial charge on any atom is 0.261 e. The van der Waals surface area contributed by atoms with Crippen LogP contribution in [0.15, 0.2) is 59.5 Å². The number of hydrogen-bond acceptors (Lipinski definition) is 3. The average Bonchev–Trinajstić information content (AvgIpc) is 3.06. The summed E-state index contributed by atoms with van der Waals surface area (Å²) in [7, 11) is -1.66. The number of hydrogen-bond donors (Lipinski definition) is 2. The van der Waals surface area contributed by atoms with Gasteiger partial charge in [0, 0.05) is 34.6 Å². The van der Waals surface area contributed by atoms with E-state index in [1.807, 2.05) is 24.3 Å². The molecular formula is C22H20ClN3O2S. The van der Waals surface area contributed by atoms with Gasteiger partial charge in [0.05, 0.1) is 16.1 Å². The number of rotatable bonds is 3. The highest BCUT2D eigenvalue weighted by Gasteiger charge is 2.22. The summed E-state index contributed by atoms with van der Waals surface area (Å²) < 4.78 is 29.0. The summed E-state index contributed by atoms with van der Waals surface area (Å²) in [5.41, 5.74) is 3.83. The Labute approximate surface area is 174 Å². The lowest BCUT2D eigenvalue weighted by Crippen LogP contribution is -2.26. The van der Waals surface area contributed by atoms with Crippen LogP contribution in [-0.4, -0.2) is 31.9 Å². The smallest absolute Gasteiger partial charge is 0.261 e. The molecule has 0 saturated carbocycles. The van der Waals surface area contributed by atoms with Crippen LogP contribution in [0.25, 0.3) is 21.7 Å². The van der Waals surface area contributed by atoms with Gasteiger partial charge in [-0.1, -0.05) is 41.9 Å². The summed E-state index contributed by atoms with van der Waals surface area (Å²) in [6, 6.07) is 16.2. The van der Waals surface area contributed by atoms with Gasteiger partial charge < -0.3 is 9.88 Å². The Morgan fingerprint density at radius 1 is 1.07 bits per heavy atom. The Morgan fingerprint density at radius 2 is 1.90 bits per heavy atom. The molecule has 1 aliphatic heterocycles. The molecule has 0 radical (unpaired) electrons. The third kappa shape index (κ3) is 3.17. The lowest BCUT2D eigenvalue weighted by Gasteiger charge is -2.22. The van der Waals surface area contributed by atoms with E-state index in [9.17, 15) is 8.42 Å². The zero-order chi connectivity index (χ0) is 20.2. The van der Waals surface area contributed by atoms with E-state index in [0.29, 0.717) is 10.7 Å². The first kappa shape index (κ1) is 18.5. The minimum atomic E-state index is -3.74. The maximum absolute atomic E-state index is 13.1. The fourth-order valence-electron chi connectivity index (χ4n) is 4.08. The van der Waals surface area contributed by atoms with Gasteiger partial charge >= 0.3 is 0 Å². The standard InChI is InChI=1S/C22H20ClN3O2S/c1-26-11-10-17-18-5-3-7-20(22(18)24-21(17)13-26)25-29(27,28)15-8-9-16-14(12-15)4-2-6-19(16)23/h2-9,12,24-25H,10-11,13H2,1H3. The molecule has 0 fully saturated rings. The summed E-state index contributed by atoms with van der Waals surface area (Å²) in [5, 5.41) is 3.30. The Kier molecular flexibility index (Phi) is 4.31. The molecule has 0 aliphatic carbocycles. The van der Waals surface area contributed by atoms with Gasteiger partial charge in [0.1, 0.15) is 0 Å². The lowest BCUT2D eigenvalue weighted by atomic mass is 10.0. The van der Waals surface area contributed by atoms with Crippen molar-refractivity contribution in [3.63, 3.8) is 0 Å². The average molecular weight is 426 g/mol. The first-order valence-corrected chi connectivity index (χ1v) is 11.3. The summed E-state index contributed by atoms with van der Waals surface area (Å²) in [6.45, 7) is 1.83. The molecule has 29 heavy (non-hydrogen) atoms. The van der Waals surface area contributed by atoms with Crippen LogP contribution in [-0.2, 0) is 23.0 Å². The molecule has 0 atom stereocenters. The molecular weight excluding hydrogens is 406 g/mol. The van der Waals surface area contributed by atoms with Crippen LogP contribution < -0.4 is 4.72 Å². The van der Waals surface area contributed by atoms with Crippen molar-refractivity contribution in [2.75, 3.05) is 18.3 Å². The summed E-state index contributed by atoms with van der Waals surface area (Å²) in [5.74, 6) is 0. The Morgan fingerprint density at radius 3 is 2.76 bits per heavy atom. The van der Waals surface area contributed by atoms with E-state index in [-0.39, 0.29) is 4.90 Å². The summed E-state index contributed by atoms with van der Waals surface area (Å²) >= 11 is 6.21. The predicted octanol–water partition coefficient (Wildman–Crippen LogP) is 4.76. The highest BCUT2D eigenvalue weighted by Crippen LogP contribution is 2.33. The second-order valence-electron chi connectivity index (χ2n) is 7.53. The third-order valence-corrected chi connectivity index (χ3v) is 7.25. The second kappa shape index (κ2) is 6.76. The highest BCUT2D eigenvalue weighted by atomic mass is 35.5. The van der Waals surface area contributed by atoms with Crippen molar-refractivity contribution in [1.82, 2.24) is 9.88 Å². The van der Waals surface area contributed by atoms with E-state index in [4.69, 9.17) is 11.6 Å². The van der Waals surface area contributed by atoms with Crippen molar-refractivity contribution in [3.8, 4) is 0 Å². The number of fused-ring (bicyclic) bond motifs is 4. The summed E-state index contributed by atoms with van der Waals surface area (Å²) in [6.07, 6.45) is 0.952. The van der Waals surface area contributed by atoms with E-state index in [0.717, 1.165) is 46.9 Å². The minimum absolute atomic E-state index is 0.209. The van der Waals surface area contributed by atoms with Gasteiger partial charge in [-0.15, -0.1) is 0 Å². The molecule has 4 aromatic rings. The number of nitrogens with one attached hydrogen (secondary N) is 2. The zero-order valence-electron chi connectivity index (χ0n) is 15.9. The van der Waals surface area contributed by atoms with Gasteiger partial charge in [-0.25, -0.2) is 8.42 Å². The first-order chi connectivity index (χ1) is 13.9. The van der Waals surface area contributed by atoms with E-state index < -0.39 is 10.0 Å². The highest BCUT2D eigenvalue weighted by molar-refractivity contribution is 7.92. The number of anilines is 1. The molecule has 5 rings (SSSR count). The Hall–Kier alpha value is -2.54. The van der Waals surface area contributed by atoms with Crippen LogP contribution in [0.4, 0.5) is 5.69 Å². The number of sulfonamides is 1. The van der Waals surface area contributed by atoms with Gasteiger partial charge in [-0.2, -0.15) is 0 Å². The Bertz CT molecular complexity index is 1360. The molecule has 3 aromatic carbocycles. The molecule has 5 nitrogen and oxygen atoms in total. The molecule has 2 N–H and O–H groups in total. The van der Waals surface area contributed by atoms with Crippen molar-refractivity contribution in [2.45, 2.75) is 17.9 Å². The molecule has 0 saturated heterocycles. The van der Waals surface area contributed by atoms with E-state index in [1.165, 1.54) is 5.56 Å². The predicted molar refractivity (Wildman–Crippen MR) is 118 cm³/mol. The van der Waals surface area contributed by atoms with Crippen molar-refractivity contribution in [1.29, 1.82) is 0 Å². The molecule has 0 amide bonds. The molecule has 0 unspecified atom stereocenters. The van der Waals surface area contributed by atoms with E-state index in [2.05, 4.69) is 21.7 Å². The number of likely N-dealkylation sites (N-methyl/N-ethyl adjacent to an activating group) is 1. The second-order valence-corrected chi connectivity index (χ2v) is 9.62. The van der Waals surface area contributed by atoms with Gasteiger partial charge in [0.15, 0.2) is 0 Å². The van der Waals surface area contributed by atoms with E-state index in [1.54, 1.807) is 30.3 Å². The minimum Gasteiger partial charge on any atom is -0.355 e. The van der Waals surface area contributed by atoms with Gasteiger partial charge in [0.2, 0.25) is 0 Å². The number of benzene rings is 3. The molecule has 0 spiro atoms. The Balaban J connectivity index is 1.56. The molecule has 148 valence electrons. The van der Waals surface area contributed by atoms with Crippen molar-refractivity contribution >= 4 is 49.0 Å². The lowest BCUT2D eigenvalue weighted by molar-refractivity contribution is 0.310. The van der Waals surface area contributed by atoms with E-state index >= 15 is 0 Å². The molecule has 7 heteroatoms. The topological polar surface area (TPSA) is 65.2 Å².